The van der Waals surface area contributed by atoms with Crippen LogP contribution in [0.2, 0.25) is 0 Å². The topological polar surface area (TPSA) is 106 Å². The number of nitrogens with zero attached hydrogens (tertiary/aromatic N) is 2. The van der Waals surface area contributed by atoms with Gasteiger partial charge < -0.3 is 14.6 Å². The van der Waals surface area contributed by atoms with Gasteiger partial charge in [-0.25, -0.2) is 9.78 Å². The molecule has 0 bridgehead atoms. The predicted molar refractivity (Wildman–Crippen MR) is 146 cm³/mol. The van der Waals surface area contributed by atoms with Crippen molar-refractivity contribution in [1.82, 2.24) is 4.98 Å². The number of methoxy groups -OCH3 is 1. The molecule has 198 valence electrons. The van der Waals surface area contributed by atoms with Gasteiger partial charge in [0.05, 0.1) is 31.0 Å². The Labute approximate surface area is 225 Å². The summed E-state index contributed by atoms with van der Waals surface area (Å²) >= 11 is 0.975. The van der Waals surface area contributed by atoms with Gasteiger partial charge in [0.1, 0.15) is 16.4 Å². The number of aliphatic hydroxyl groups is 1. The van der Waals surface area contributed by atoms with Gasteiger partial charge in [0.2, 0.25) is 0 Å². The lowest BCUT2D eigenvalue weighted by atomic mass is 9.85. The van der Waals surface area contributed by atoms with Crippen LogP contribution in [0.3, 0.4) is 0 Å². The second-order valence-corrected chi connectivity index (χ2v) is 10.9. The number of thiazole rings is 1. The van der Waals surface area contributed by atoms with E-state index in [0.717, 1.165) is 16.9 Å². The van der Waals surface area contributed by atoms with Gasteiger partial charge in [0.15, 0.2) is 5.13 Å². The molecule has 1 fully saturated rings. The molecular weight excluding hydrogens is 504 g/mol. The van der Waals surface area contributed by atoms with E-state index in [0.29, 0.717) is 22.6 Å². The van der Waals surface area contributed by atoms with E-state index in [4.69, 9.17) is 9.47 Å². The van der Waals surface area contributed by atoms with Gasteiger partial charge in [-0.2, -0.15) is 0 Å². The van der Waals surface area contributed by atoms with E-state index in [-0.39, 0.29) is 33.4 Å². The summed E-state index contributed by atoms with van der Waals surface area (Å²) in [7, 11) is 1.50. The van der Waals surface area contributed by atoms with Crippen molar-refractivity contribution in [3.05, 3.63) is 81.4 Å². The number of aryl methyl sites for hydroxylation is 1. The molecular formula is C29H30N2O6S. The summed E-state index contributed by atoms with van der Waals surface area (Å²) in [5.41, 5.74) is 2.23. The number of anilines is 1. The van der Waals surface area contributed by atoms with E-state index < -0.39 is 23.7 Å². The summed E-state index contributed by atoms with van der Waals surface area (Å²) in [5, 5.41) is 11.5. The van der Waals surface area contributed by atoms with E-state index in [1.54, 1.807) is 38.1 Å². The number of aromatic nitrogens is 1. The number of carbonyl (C=O) groups is 3. The third-order valence-electron chi connectivity index (χ3n) is 6.33. The number of Topliss-reactive ketones (excluding diaryl/α,β-unsaturated/α-hetero) is 1. The van der Waals surface area contributed by atoms with Crippen molar-refractivity contribution in [2.75, 3.05) is 18.6 Å². The summed E-state index contributed by atoms with van der Waals surface area (Å²) in [6.45, 7) is 9.81. The highest BCUT2D eigenvalue weighted by atomic mass is 32.1. The summed E-state index contributed by atoms with van der Waals surface area (Å²) in [6.07, 6.45) is 0. The van der Waals surface area contributed by atoms with Crippen molar-refractivity contribution in [2.24, 2.45) is 0 Å². The third-order valence-corrected chi connectivity index (χ3v) is 7.47. The Hall–Kier alpha value is -3.98. The highest BCUT2D eigenvalue weighted by Gasteiger charge is 2.48. The molecule has 0 saturated carbocycles. The van der Waals surface area contributed by atoms with Crippen LogP contribution in [-0.2, 0) is 19.7 Å². The number of ether oxygens (including phenoxy) is 2. The molecule has 1 atom stereocenters. The fourth-order valence-corrected chi connectivity index (χ4v) is 5.30. The lowest BCUT2D eigenvalue weighted by molar-refractivity contribution is -0.132. The molecule has 9 heteroatoms. The zero-order chi connectivity index (χ0) is 27.8. The van der Waals surface area contributed by atoms with Gasteiger partial charge in [-0.15, -0.1) is 0 Å². The van der Waals surface area contributed by atoms with Gasteiger partial charge >= 0.3 is 11.9 Å². The summed E-state index contributed by atoms with van der Waals surface area (Å²) in [5.74, 6) is -2.07. The van der Waals surface area contributed by atoms with Crippen LogP contribution in [0.4, 0.5) is 5.13 Å². The van der Waals surface area contributed by atoms with Crippen molar-refractivity contribution in [1.29, 1.82) is 0 Å². The zero-order valence-corrected chi connectivity index (χ0v) is 23.0. The van der Waals surface area contributed by atoms with Gasteiger partial charge in [0.25, 0.3) is 5.78 Å². The fraction of sp³-hybridized carbons (Fsp3) is 0.310. The normalized spacial score (nSPS) is 17.1. The lowest BCUT2D eigenvalue weighted by Gasteiger charge is -2.24. The predicted octanol–water partition coefficient (Wildman–Crippen LogP) is 5.56. The minimum Gasteiger partial charge on any atom is -0.507 e. The third kappa shape index (κ3) is 4.93. The molecule has 8 nitrogen and oxygen atoms in total. The number of amides is 1. The van der Waals surface area contributed by atoms with Crippen molar-refractivity contribution in [3.63, 3.8) is 0 Å². The molecule has 2 aromatic carbocycles. The Morgan fingerprint density at radius 2 is 1.82 bits per heavy atom. The summed E-state index contributed by atoms with van der Waals surface area (Å²) in [6, 6.07) is 13.2. The van der Waals surface area contributed by atoms with Crippen LogP contribution in [-0.4, -0.2) is 41.5 Å². The molecule has 0 spiro atoms. The maximum Gasteiger partial charge on any atom is 0.350 e. The number of aliphatic hydroxyl groups excluding tert-OH is 1. The van der Waals surface area contributed by atoms with Crippen molar-refractivity contribution in [2.45, 2.75) is 46.1 Å². The average Bonchev–Trinajstić information content (AvgIpc) is 3.40. The van der Waals surface area contributed by atoms with E-state index >= 15 is 0 Å². The summed E-state index contributed by atoms with van der Waals surface area (Å²) in [4.78, 5) is 45.3. The molecule has 38 heavy (non-hydrogen) atoms. The second kappa shape index (κ2) is 10.4. The first-order valence-corrected chi connectivity index (χ1v) is 13.0. The maximum absolute atomic E-state index is 13.5. The SMILES string of the molecule is CCOC(=O)c1sc(N2C(=O)C(=O)C(=C(O)c3cccc(OC)c3)C2c2ccc(C(C)(C)C)cc2)nc1C. The van der Waals surface area contributed by atoms with Crippen molar-refractivity contribution >= 4 is 39.9 Å². The lowest BCUT2D eigenvalue weighted by Crippen LogP contribution is -2.29. The standard InChI is InChI=1S/C29H30N2O6S/c1-7-37-27(35)25-16(2)30-28(38-25)31-22(17-11-13-19(14-12-17)29(3,4)5)21(24(33)26(31)34)23(32)18-9-8-10-20(15-18)36-6/h8-15,22,32H,7H2,1-6H3. The van der Waals surface area contributed by atoms with Crippen LogP contribution in [0.15, 0.2) is 54.1 Å². The first kappa shape index (κ1) is 27.1. The van der Waals surface area contributed by atoms with Crippen molar-refractivity contribution in [3.8, 4) is 5.75 Å². The first-order valence-electron chi connectivity index (χ1n) is 12.2. The first-order chi connectivity index (χ1) is 18.0. The molecule has 2 heterocycles. The number of rotatable bonds is 6. The quantitative estimate of drug-likeness (QED) is 0.191. The summed E-state index contributed by atoms with van der Waals surface area (Å²) < 4.78 is 10.4. The smallest absolute Gasteiger partial charge is 0.350 e. The van der Waals surface area contributed by atoms with Crippen LogP contribution in [0.25, 0.3) is 5.76 Å². The van der Waals surface area contributed by atoms with Gasteiger partial charge in [-0.05, 0) is 42.5 Å². The zero-order valence-electron chi connectivity index (χ0n) is 22.2. The Bertz CT molecular complexity index is 1430. The second-order valence-electron chi connectivity index (χ2n) is 9.90. The molecule has 1 unspecified atom stereocenters. The Morgan fingerprint density at radius 3 is 2.42 bits per heavy atom. The maximum atomic E-state index is 13.5. The molecule has 0 radical (unpaired) electrons. The largest absolute Gasteiger partial charge is 0.507 e. The Kier molecular flexibility index (Phi) is 7.42. The monoisotopic (exact) mass is 534 g/mol. The Morgan fingerprint density at radius 1 is 1.13 bits per heavy atom. The molecule has 0 aliphatic carbocycles. The number of carbonyl (C=O) groups excluding carboxylic acids is 3. The molecule has 1 aromatic heterocycles. The molecule has 1 saturated heterocycles. The number of benzene rings is 2. The van der Waals surface area contributed by atoms with Gasteiger partial charge in [0, 0.05) is 5.56 Å². The molecule has 4 rings (SSSR count). The van der Waals surface area contributed by atoms with Crippen LogP contribution >= 0.6 is 11.3 Å². The van der Waals surface area contributed by atoms with Crippen LogP contribution in [0.5, 0.6) is 5.75 Å². The van der Waals surface area contributed by atoms with Gasteiger partial charge in [-0.3, -0.25) is 14.5 Å². The van der Waals surface area contributed by atoms with E-state index in [9.17, 15) is 19.5 Å². The molecule has 1 aliphatic heterocycles. The average molecular weight is 535 g/mol. The fourth-order valence-electron chi connectivity index (χ4n) is 4.31. The number of ketones is 1. The molecule has 1 N–H and O–H groups in total. The van der Waals surface area contributed by atoms with E-state index in [1.165, 1.54) is 12.0 Å². The molecule has 1 amide bonds. The van der Waals surface area contributed by atoms with E-state index in [2.05, 4.69) is 25.8 Å². The minimum atomic E-state index is -0.962. The number of hydrogen-bond donors (Lipinski definition) is 1. The number of esters is 1. The van der Waals surface area contributed by atoms with E-state index in [1.807, 2.05) is 24.3 Å². The molecule has 1 aliphatic rings. The van der Waals surface area contributed by atoms with Crippen LogP contribution in [0.1, 0.15) is 65.8 Å². The van der Waals surface area contributed by atoms with Crippen LogP contribution in [0, 0.1) is 6.92 Å². The highest BCUT2D eigenvalue weighted by Crippen LogP contribution is 2.44. The van der Waals surface area contributed by atoms with Gasteiger partial charge in [-0.1, -0.05) is 68.5 Å². The number of hydrogen-bond acceptors (Lipinski definition) is 8. The van der Waals surface area contributed by atoms with Crippen LogP contribution < -0.4 is 9.64 Å². The van der Waals surface area contributed by atoms with Crippen molar-refractivity contribution < 1.29 is 29.0 Å². The minimum absolute atomic E-state index is 0.0719. The molecule has 3 aromatic rings. The highest BCUT2D eigenvalue weighted by molar-refractivity contribution is 7.17. The Balaban J connectivity index is 1.92.